The SMILES string of the molecule is C=CC(=O)Nc1cc(Nc2nc(-c3ccnc(N4CCn5c(cc6c5CC(C)(C)C6)C4=O)c3CO)cn(C)c2=O)ccc1N1CCN(C2CCN(c3ccc4c(c3)C(=O)N(C3CCC(C)(O)CC3)C4=O)CC2)C[C@@H]1C. The second-order valence-electron chi connectivity index (χ2n) is 22.6. The lowest BCUT2D eigenvalue weighted by Crippen LogP contribution is -2.57. The first kappa shape index (κ1) is 50.0. The Hall–Kier alpha value is -7.15. The number of hydrogen-bond acceptors (Lipinski definition) is 13. The molecule has 18 heteroatoms. The van der Waals surface area contributed by atoms with Gasteiger partial charge in [-0.25, -0.2) is 9.97 Å². The van der Waals surface area contributed by atoms with Crippen molar-refractivity contribution in [3.05, 3.63) is 118 Å². The van der Waals surface area contributed by atoms with Crippen LogP contribution < -0.4 is 30.9 Å². The number of pyridine rings is 1. The van der Waals surface area contributed by atoms with Crippen LogP contribution in [0.3, 0.4) is 0 Å². The number of benzene rings is 2. The van der Waals surface area contributed by atoms with Gasteiger partial charge >= 0.3 is 0 Å². The first-order valence-corrected chi connectivity index (χ1v) is 26.5. The molecule has 392 valence electrons. The minimum atomic E-state index is -0.756. The Morgan fingerprint density at radius 1 is 0.853 bits per heavy atom. The molecule has 1 atom stereocenters. The number of amides is 4. The zero-order valence-electron chi connectivity index (χ0n) is 43.6. The van der Waals surface area contributed by atoms with E-state index >= 15 is 0 Å². The van der Waals surface area contributed by atoms with Gasteiger partial charge in [-0.3, -0.25) is 38.7 Å². The molecule has 0 unspecified atom stereocenters. The number of aliphatic hydroxyl groups is 2. The van der Waals surface area contributed by atoms with Crippen LogP contribution in [0.5, 0.6) is 0 Å². The van der Waals surface area contributed by atoms with E-state index in [9.17, 15) is 34.2 Å². The molecule has 75 heavy (non-hydrogen) atoms. The van der Waals surface area contributed by atoms with Gasteiger partial charge in [-0.05, 0) is 131 Å². The maximum absolute atomic E-state index is 14.1. The molecule has 4 amide bonds. The van der Waals surface area contributed by atoms with Crippen LogP contribution in [0.4, 0.5) is 34.4 Å². The molecule has 3 fully saturated rings. The number of piperazine rings is 1. The number of carbonyl (C=O) groups excluding carboxylic acids is 4. The van der Waals surface area contributed by atoms with Gasteiger partial charge in [-0.1, -0.05) is 20.4 Å². The Balaban J connectivity index is 0.763. The number of piperidine rings is 1. The van der Waals surface area contributed by atoms with E-state index in [0.717, 1.165) is 63.2 Å². The van der Waals surface area contributed by atoms with E-state index in [2.05, 4.69) is 62.2 Å². The summed E-state index contributed by atoms with van der Waals surface area (Å²) in [6, 6.07) is 15.2. The molecule has 4 N–H and O–H groups in total. The number of nitrogens with zero attached hydrogens (tertiary/aromatic N) is 9. The molecule has 2 aliphatic carbocycles. The van der Waals surface area contributed by atoms with Crippen molar-refractivity contribution in [3.8, 4) is 11.3 Å². The molecule has 1 saturated carbocycles. The highest BCUT2D eigenvalue weighted by Crippen LogP contribution is 2.42. The highest BCUT2D eigenvalue weighted by molar-refractivity contribution is 6.22. The smallest absolute Gasteiger partial charge is 0.293 e. The number of fused-ring (bicyclic) bond motifs is 4. The van der Waals surface area contributed by atoms with Gasteiger partial charge < -0.3 is 39.8 Å². The summed E-state index contributed by atoms with van der Waals surface area (Å²) in [6.07, 6.45) is 10.5. The molecule has 18 nitrogen and oxygen atoms in total. The van der Waals surface area contributed by atoms with E-state index in [-0.39, 0.29) is 46.9 Å². The third-order valence-corrected chi connectivity index (χ3v) is 16.7. The standard InChI is InChI=1S/C57H67N11O7/c1-7-49(70)60-44-27-36(59-50-55(74)62(6)32-45(61-50)40-14-19-58-51(43(40)33-69)67-25-24-66-47(54(67)73)26-35-29-56(3,4)30-48(35)66)8-11-46(44)65-23-22-64(31-34(65)2)37-15-20-63(21-16-37)39-9-10-41-42(28-39)53(72)68(52(41)71)38-12-17-57(5,75)18-13-38/h7-11,14,19,26-28,32,34,37-38,69,75H,1,12-13,15-18,20-25,29-31,33H2,2-6H3,(H,59,61)(H,60,70)/t34-,38?,57?/m0/s1. The van der Waals surface area contributed by atoms with Crippen molar-refractivity contribution in [1.82, 2.24) is 28.9 Å². The van der Waals surface area contributed by atoms with Crippen LogP contribution in [0.15, 0.2) is 78.4 Å². The van der Waals surface area contributed by atoms with E-state index in [1.807, 2.05) is 37.3 Å². The van der Waals surface area contributed by atoms with Crippen LogP contribution in [0.25, 0.3) is 11.3 Å². The number of hydrogen-bond donors (Lipinski definition) is 4. The normalized spacial score (nSPS) is 22.8. The summed E-state index contributed by atoms with van der Waals surface area (Å²) in [5, 5.41) is 27.5. The lowest BCUT2D eigenvalue weighted by Gasteiger charge is -2.47. The molecule has 11 rings (SSSR count). The Kier molecular flexibility index (Phi) is 12.8. The van der Waals surface area contributed by atoms with Crippen LogP contribution in [-0.2, 0) is 37.8 Å². The zero-order chi connectivity index (χ0) is 52.7. The lowest BCUT2D eigenvalue weighted by molar-refractivity contribution is -0.111. The summed E-state index contributed by atoms with van der Waals surface area (Å²) < 4.78 is 3.56. The largest absolute Gasteiger partial charge is 0.392 e. The highest BCUT2D eigenvalue weighted by Gasteiger charge is 2.44. The van der Waals surface area contributed by atoms with Crippen LogP contribution in [0, 0.1) is 5.41 Å². The molecule has 0 spiro atoms. The van der Waals surface area contributed by atoms with Crippen molar-refractivity contribution in [1.29, 1.82) is 0 Å². The predicted octanol–water partition coefficient (Wildman–Crippen LogP) is 6.26. The second-order valence-corrected chi connectivity index (χ2v) is 22.6. The number of aromatic nitrogens is 4. The van der Waals surface area contributed by atoms with E-state index in [1.165, 1.54) is 26.8 Å². The summed E-state index contributed by atoms with van der Waals surface area (Å²) in [6.45, 7) is 16.7. The first-order valence-electron chi connectivity index (χ1n) is 26.5. The lowest BCUT2D eigenvalue weighted by atomic mass is 9.83. The zero-order valence-corrected chi connectivity index (χ0v) is 43.6. The van der Waals surface area contributed by atoms with E-state index < -0.39 is 17.8 Å². The summed E-state index contributed by atoms with van der Waals surface area (Å²) in [5.41, 5.74) is 7.17. The monoisotopic (exact) mass is 1020 g/mol. The molecule has 2 saturated heterocycles. The van der Waals surface area contributed by atoms with Gasteiger partial charge in [0.2, 0.25) is 5.91 Å². The molecule has 7 heterocycles. The van der Waals surface area contributed by atoms with Crippen LogP contribution in [-0.4, -0.2) is 126 Å². The Morgan fingerprint density at radius 2 is 1.61 bits per heavy atom. The second kappa shape index (κ2) is 19.2. The van der Waals surface area contributed by atoms with Crippen molar-refractivity contribution < 1.29 is 29.4 Å². The van der Waals surface area contributed by atoms with Gasteiger partial charge in [0.05, 0.1) is 40.4 Å². The van der Waals surface area contributed by atoms with Gasteiger partial charge in [0.25, 0.3) is 23.3 Å². The molecular weight excluding hydrogens is 951 g/mol. The van der Waals surface area contributed by atoms with Crippen molar-refractivity contribution in [2.24, 2.45) is 12.5 Å². The fourth-order valence-electron chi connectivity index (χ4n) is 12.7. The van der Waals surface area contributed by atoms with Gasteiger partial charge in [0.1, 0.15) is 11.5 Å². The number of imide groups is 1. The number of carbonyl (C=O) groups is 4. The summed E-state index contributed by atoms with van der Waals surface area (Å²) in [4.78, 5) is 87.5. The van der Waals surface area contributed by atoms with Gasteiger partial charge in [0, 0.05) is 112 Å². The number of rotatable bonds is 11. The maximum Gasteiger partial charge on any atom is 0.293 e. The fourth-order valence-corrected chi connectivity index (χ4v) is 12.7. The average Bonchev–Trinajstić information content (AvgIpc) is 4.02. The topological polar surface area (TPSA) is 202 Å². The van der Waals surface area contributed by atoms with Crippen LogP contribution >= 0.6 is 0 Å². The molecule has 2 aromatic carbocycles. The number of aryl methyl sites for hydroxylation is 1. The third-order valence-electron chi connectivity index (χ3n) is 16.7. The Morgan fingerprint density at radius 3 is 2.35 bits per heavy atom. The first-order chi connectivity index (χ1) is 35.9. The average molecular weight is 1020 g/mol. The van der Waals surface area contributed by atoms with Gasteiger partial charge in [-0.15, -0.1) is 0 Å². The molecule has 0 radical (unpaired) electrons. The Bertz CT molecular complexity index is 3210. The van der Waals surface area contributed by atoms with Crippen LogP contribution in [0.1, 0.15) is 114 Å². The van der Waals surface area contributed by atoms with Crippen LogP contribution in [0.2, 0.25) is 0 Å². The maximum atomic E-state index is 14.1. The van der Waals surface area contributed by atoms with E-state index in [0.29, 0.717) is 102 Å². The van der Waals surface area contributed by atoms with Crippen molar-refractivity contribution in [2.45, 2.75) is 116 Å². The fraction of sp³-hybridized carbons (Fsp3) is 0.456. The molecule has 6 aliphatic rings. The quantitative estimate of drug-likeness (QED) is 0.0855. The minimum Gasteiger partial charge on any atom is -0.392 e. The summed E-state index contributed by atoms with van der Waals surface area (Å²) in [5.74, 6) is -0.642. The Labute approximate surface area is 436 Å². The molecule has 4 aliphatic heterocycles. The molecule has 3 aromatic heterocycles. The predicted molar refractivity (Wildman–Crippen MR) is 288 cm³/mol. The minimum absolute atomic E-state index is 0.0289. The van der Waals surface area contributed by atoms with E-state index in [4.69, 9.17) is 4.98 Å². The molecule has 0 bridgehead atoms. The van der Waals surface area contributed by atoms with E-state index in [1.54, 1.807) is 42.5 Å². The molecular formula is C57H67N11O7. The van der Waals surface area contributed by atoms with Gasteiger partial charge in [-0.2, -0.15) is 0 Å². The summed E-state index contributed by atoms with van der Waals surface area (Å²) >= 11 is 0. The van der Waals surface area contributed by atoms with Gasteiger partial charge in [0.15, 0.2) is 5.82 Å². The van der Waals surface area contributed by atoms with Crippen molar-refractivity contribution in [3.63, 3.8) is 0 Å². The number of nitrogens with one attached hydrogen (secondary N) is 2. The summed E-state index contributed by atoms with van der Waals surface area (Å²) in [7, 11) is 1.63. The highest BCUT2D eigenvalue weighted by atomic mass is 16.3. The third kappa shape index (κ3) is 9.20. The van der Waals surface area contributed by atoms with Crippen molar-refractivity contribution in [2.75, 3.05) is 64.6 Å². The number of aliphatic hydroxyl groups excluding tert-OH is 1. The molecule has 5 aromatic rings. The van der Waals surface area contributed by atoms with Crippen molar-refractivity contribution >= 4 is 58.0 Å². The number of anilines is 6.